The van der Waals surface area contributed by atoms with Gasteiger partial charge in [0.2, 0.25) is 0 Å². The molecule has 3 nitrogen and oxygen atoms in total. The third-order valence-corrected chi connectivity index (χ3v) is 3.73. The van der Waals surface area contributed by atoms with Crippen molar-refractivity contribution in [2.75, 3.05) is 45.6 Å². The van der Waals surface area contributed by atoms with Crippen LogP contribution in [0.4, 0.5) is 0 Å². The molecule has 1 saturated heterocycles. The second-order valence-corrected chi connectivity index (χ2v) is 5.13. The Hall–Kier alpha value is 0.670. The van der Waals surface area contributed by atoms with Gasteiger partial charge in [0.05, 0.1) is 32.6 Å². The van der Waals surface area contributed by atoms with Gasteiger partial charge in [0.1, 0.15) is 13.1 Å². The molecular formula is C10H20INO2S. The molecule has 0 N–H and O–H groups in total. The van der Waals surface area contributed by atoms with E-state index < -0.39 is 0 Å². The Balaban J connectivity index is 0.00000196. The number of nitrogens with zero attached hydrogens (tertiary/aromatic N) is 1. The van der Waals surface area contributed by atoms with E-state index in [2.05, 4.69) is 7.05 Å². The third-order valence-electron chi connectivity index (χ3n) is 2.73. The number of carbonyl (C=O) groups is 1. The Morgan fingerprint density at radius 1 is 1.40 bits per heavy atom. The summed E-state index contributed by atoms with van der Waals surface area (Å²) in [5.41, 5.74) is 0. The minimum atomic E-state index is 0. The summed E-state index contributed by atoms with van der Waals surface area (Å²) in [6, 6.07) is 0. The molecule has 0 saturated carbocycles. The predicted octanol–water partition coefficient (Wildman–Crippen LogP) is -1.86. The number of likely N-dealkylation sites (N-methyl/N-ethyl adjacent to an activating group) is 1. The summed E-state index contributed by atoms with van der Waals surface area (Å²) >= 11 is 1.47. The van der Waals surface area contributed by atoms with Crippen molar-refractivity contribution in [2.24, 2.45) is 0 Å². The maximum atomic E-state index is 11.1. The minimum Gasteiger partial charge on any atom is -1.00 e. The fourth-order valence-corrected chi connectivity index (χ4v) is 2.45. The van der Waals surface area contributed by atoms with E-state index >= 15 is 0 Å². The molecule has 0 aromatic heterocycles. The average Bonchev–Trinajstić information content (AvgIpc) is 2.18. The van der Waals surface area contributed by atoms with Gasteiger partial charge in [-0.05, 0) is 0 Å². The van der Waals surface area contributed by atoms with Gasteiger partial charge >= 0.3 is 0 Å². The van der Waals surface area contributed by atoms with Crippen molar-refractivity contribution >= 4 is 16.9 Å². The Labute approximate surface area is 114 Å². The molecule has 0 bridgehead atoms. The highest BCUT2D eigenvalue weighted by molar-refractivity contribution is 8.13. The number of hydrogen-bond acceptors (Lipinski definition) is 3. The van der Waals surface area contributed by atoms with Crippen LogP contribution in [-0.4, -0.2) is 55.2 Å². The van der Waals surface area contributed by atoms with Gasteiger partial charge in [-0.3, -0.25) is 4.79 Å². The van der Waals surface area contributed by atoms with Crippen LogP contribution < -0.4 is 24.0 Å². The quantitative estimate of drug-likeness (QED) is 0.442. The fourth-order valence-electron chi connectivity index (χ4n) is 1.49. The first-order chi connectivity index (χ1) is 6.66. The highest BCUT2D eigenvalue weighted by Crippen LogP contribution is 2.11. The minimum absolute atomic E-state index is 0. The van der Waals surface area contributed by atoms with E-state index in [1.165, 1.54) is 11.8 Å². The maximum Gasteiger partial charge on any atom is 0.188 e. The lowest BCUT2D eigenvalue weighted by Crippen LogP contribution is -3.00. The van der Waals surface area contributed by atoms with E-state index in [1.807, 2.05) is 6.92 Å². The van der Waals surface area contributed by atoms with Crippen molar-refractivity contribution in [3.63, 3.8) is 0 Å². The molecular weight excluding hydrogens is 325 g/mol. The lowest BCUT2D eigenvalue weighted by molar-refractivity contribution is -0.914. The summed E-state index contributed by atoms with van der Waals surface area (Å²) in [5.74, 6) is 0.948. The number of ether oxygens (including phenoxy) is 1. The molecule has 0 amide bonds. The van der Waals surface area contributed by atoms with Crippen LogP contribution in [0.25, 0.3) is 0 Å². The average molecular weight is 345 g/mol. The Bertz CT molecular complexity index is 196. The van der Waals surface area contributed by atoms with Crippen LogP contribution in [0, 0.1) is 0 Å². The SMILES string of the molecule is CCC(=O)SCC[N+]1(C)CCOCC1.[I-]. The van der Waals surface area contributed by atoms with Crippen LogP contribution in [0.2, 0.25) is 0 Å². The van der Waals surface area contributed by atoms with Gasteiger partial charge in [0, 0.05) is 6.42 Å². The molecule has 0 spiro atoms. The van der Waals surface area contributed by atoms with Gasteiger partial charge in [-0.1, -0.05) is 18.7 Å². The van der Waals surface area contributed by atoms with Crippen LogP contribution in [0.15, 0.2) is 0 Å². The van der Waals surface area contributed by atoms with Crippen molar-refractivity contribution in [1.82, 2.24) is 0 Å². The molecule has 5 heteroatoms. The van der Waals surface area contributed by atoms with Crippen molar-refractivity contribution in [2.45, 2.75) is 13.3 Å². The van der Waals surface area contributed by atoms with Gasteiger partial charge in [-0.2, -0.15) is 0 Å². The molecule has 1 aliphatic heterocycles. The number of rotatable bonds is 4. The van der Waals surface area contributed by atoms with E-state index in [9.17, 15) is 4.79 Å². The second-order valence-electron chi connectivity index (χ2n) is 3.98. The van der Waals surface area contributed by atoms with E-state index in [1.54, 1.807) is 0 Å². The number of carbonyl (C=O) groups excluding carboxylic acids is 1. The molecule has 90 valence electrons. The van der Waals surface area contributed by atoms with Crippen molar-refractivity contribution in [1.29, 1.82) is 0 Å². The zero-order valence-corrected chi connectivity index (χ0v) is 12.5. The topological polar surface area (TPSA) is 26.3 Å². The van der Waals surface area contributed by atoms with E-state index in [-0.39, 0.29) is 24.0 Å². The summed E-state index contributed by atoms with van der Waals surface area (Å²) in [4.78, 5) is 11.1. The van der Waals surface area contributed by atoms with Crippen molar-refractivity contribution in [3.8, 4) is 0 Å². The second kappa shape index (κ2) is 7.86. The zero-order chi connectivity index (χ0) is 10.4. The predicted molar refractivity (Wildman–Crippen MR) is 59.4 cm³/mol. The largest absolute Gasteiger partial charge is 1.00 e. The molecule has 0 aromatic rings. The molecule has 0 aromatic carbocycles. The van der Waals surface area contributed by atoms with Crippen LogP contribution in [0.1, 0.15) is 13.3 Å². The van der Waals surface area contributed by atoms with Gasteiger partial charge in [0.15, 0.2) is 5.12 Å². The summed E-state index contributed by atoms with van der Waals surface area (Å²) in [7, 11) is 2.25. The first-order valence-electron chi connectivity index (χ1n) is 5.23. The molecule has 1 aliphatic rings. The van der Waals surface area contributed by atoms with E-state index in [0.29, 0.717) is 11.5 Å². The smallest absolute Gasteiger partial charge is 0.188 e. The normalized spacial score (nSPS) is 19.3. The molecule has 0 radical (unpaired) electrons. The summed E-state index contributed by atoms with van der Waals surface area (Å²) < 4.78 is 6.38. The van der Waals surface area contributed by atoms with Crippen molar-refractivity contribution in [3.05, 3.63) is 0 Å². The fraction of sp³-hybridized carbons (Fsp3) is 0.900. The molecule has 0 atom stereocenters. The lowest BCUT2D eigenvalue weighted by atomic mass is 10.3. The number of morpholine rings is 1. The standard InChI is InChI=1S/C10H20NO2S.HI/c1-3-10(12)14-9-6-11(2)4-7-13-8-5-11;/h3-9H2,1-2H3;1H/q+1;/p-1. The van der Waals surface area contributed by atoms with Gasteiger partial charge in [-0.15, -0.1) is 0 Å². The number of hydrogen-bond donors (Lipinski definition) is 0. The van der Waals surface area contributed by atoms with Crippen LogP contribution in [-0.2, 0) is 9.53 Å². The Kier molecular flexibility index (Phi) is 8.22. The Morgan fingerprint density at radius 2 is 2.00 bits per heavy atom. The maximum absolute atomic E-state index is 11.1. The molecule has 15 heavy (non-hydrogen) atoms. The summed E-state index contributed by atoms with van der Waals surface area (Å²) in [6.07, 6.45) is 0.650. The number of thioether (sulfide) groups is 1. The van der Waals surface area contributed by atoms with Gasteiger partial charge < -0.3 is 33.2 Å². The molecule has 0 unspecified atom stereocenters. The first kappa shape index (κ1) is 15.7. The van der Waals surface area contributed by atoms with Gasteiger partial charge in [-0.25, -0.2) is 0 Å². The first-order valence-corrected chi connectivity index (χ1v) is 6.22. The third kappa shape index (κ3) is 6.09. The summed E-state index contributed by atoms with van der Waals surface area (Å²) in [5, 5.41) is 0.310. The monoisotopic (exact) mass is 345 g/mol. The van der Waals surface area contributed by atoms with Crippen LogP contribution in [0.5, 0.6) is 0 Å². The molecule has 0 aliphatic carbocycles. The lowest BCUT2D eigenvalue weighted by Gasteiger charge is -2.37. The van der Waals surface area contributed by atoms with Crippen LogP contribution in [0.3, 0.4) is 0 Å². The molecule has 1 fully saturated rings. The zero-order valence-electron chi connectivity index (χ0n) is 9.50. The van der Waals surface area contributed by atoms with Gasteiger partial charge in [0.25, 0.3) is 0 Å². The number of quaternary nitrogens is 1. The number of halogens is 1. The molecule has 1 rings (SSSR count). The summed E-state index contributed by atoms with van der Waals surface area (Å²) in [6.45, 7) is 6.90. The van der Waals surface area contributed by atoms with Crippen LogP contribution >= 0.6 is 11.8 Å². The highest BCUT2D eigenvalue weighted by Gasteiger charge is 2.24. The van der Waals surface area contributed by atoms with Crippen molar-refractivity contribution < 1.29 is 38.0 Å². The molecule has 1 heterocycles. The Morgan fingerprint density at radius 3 is 2.53 bits per heavy atom. The highest BCUT2D eigenvalue weighted by atomic mass is 127. The van der Waals surface area contributed by atoms with E-state index in [4.69, 9.17) is 4.74 Å². The van der Waals surface area contributed by atoms with E-state index in [0.717, 1.165) is 43.1 Å².